The van der Waals surface area contributed by atoms with Crippen molar-refractivity contribution in [1.29, 1.82) is 0 Å². The van der Waals surface area contributed by atoms with Crippen LogP contribution in [0.15, 0.2) is 23.3 Å². The lowest BCUT2D eigenvalue weighted by atomic mass is 10.2. The molecule has 1 fully saturated rings. The van der Waals surface area contributed by atoms with Gasteiger partial charge in [0.1, 0.15) is 0 Å². The van der Waals surface area contributed by atoms with Crippen molar-refractivity contribution < 1.29 is 4.39 Å². The molecule has 24 heavy (non-hydrogen) atoms. The maximum absolute atomic E-state index is 13.8. The van der Waals surface area contributed by atoms with Crippen LogP contribution < -0.4 is 15.5 Å². The van der Waals surface area contributed by atoms with E-state index in [2.05, 4.69) is 34.5 Å². The van der Waals surface area contributed by atoms with Crippen LogP contribution in [-0.2, 0) is 0 Å². The van der Waals surface area contributed by atoms with E-state index in [1.807, 2.05) is 4.90 Å². The molecule has 1 aliphatic heterocycles. The number of halogens is 2. The average Bonchev–Trinajstić information content (AvgIpc) is 3.00. The Kier molecular flexibility index (Phi) is 9.97. The molecule has 1 saturated heterocycles. The maximum atomic E-state index is 13.8. The van der Waals surface area contributed by atoms with Gasteiger partial charge in [0, 0.05) is 38.4 Å². The third-order valence-electron chi connectivity index (χ3n) is 3.94. The van der Waals surface area contributed by atoms with Crippen molar-refractivity contribution in [1.82, 2.24) is 15.6 Å². The molecule has 0 saturated carbocycles. The smallest absolute Gasteiger partial charge is 0.191 e. The molecule has 5 nitrogen and oxygen atoms in total. The number of aliphatic imine (C=N–C) groups is 1. The molecule has 1 aromatic heterocycles. The summed E-state index contributed by atoms with van der Waals surface area (Å²) in [6.07, 6.45) is 6.11. The molecule has 2 rings (SSSR count). The number of hydrogen-bond acceptors (Lipinski definition) is 3. The zero-order valence-corrected chi connectivity index (χ0v) is 16.9. The van der Waals surface area contributed by atoms with E-state index in [-0.39, 0.29) is 35.8 Å². The lowest BCUT2D eigenvalue weighted by Gasteiger charge is -2.19. The van der Waals surface area contributed by atoms with E-state index in [1.165, 1.54) is 18.9 Å². The van der Waals surface area contributed by atoms with E-state index in [4.69, 9.17) is 0 Å². The number of unbranched alkanes of at least 4 members (excludes halogenated alkanes) is 2. The molecule has 0 spiro atoms. The number of hydrogen-bond donors (Lipinski definition) is 2. The van der Waals surface area contributed by atoms with Gasteiger partial charge < -0.3 is 15.5 Å². The number of nitrogens with one attached hydrogen (secondary N) is 2. The summed E-state index contributed by atoms with van der Waals surface area (Å²) in [6, 6.07) is 3.35. The van der Waals surface area contributed by atoms with Crippen LogP contribution >= 0.6 is 24.0 Å². The van der Waals surface area contributed by atoms with Gasteiger partial charge in [-0.25, -0.2) is 9.37 Å². The molecule has 0 aliphatic carbocycles. The minimum Gasteiger partial charge on any atom is -0.357 e. The first-order valence-corrected chi connectivity index (χ1v) is 8.64. The van der Waals surface area contributed by atoms with Crippen molar-refractivity contribution in [3.05, 3.63) is 24.1 Å². The molecule has 7 heteroatoms. The summed E-state index contributed by atoms with van der Waals surface area (Å²) in [5.74, 6) is 1.05. The summed E-state index contributed by atoms with van der Waals surface area (Å²) in [5, 5.41) is 6.74. The first-order valence-electron chi connectivity index (χ1n) is 8.64. The maximum Gasteiger partial charge on any atom is 0.191 e. The second kappa shape index (κ2) is 11.4. The van der Waals surface area contributed by atoms with E-state index in [1.54, 1.807) is 12.3 Å². The van der Waals surface area contributed by atoms with Gasteiger partial charge in [-0.3, -0.25) is 4.99 Å². The van der Waals surface area contributed by atoms with Gasteiger partial charge in [0.05, 0.1) is 0 Å². The topological polar surface area (TPSA) is 52.6 Å². The summed E-state index contributed by atoms with van der Waals surface area (Å²) in [4.78, 5) is 10.8. The molecule has 0 amide bonds. The normalized spacial score (nSPS) is 17.5. The summed E-state index contributed by atoms with van der Waals surface area (Å²) in [7, 11) is 0. The van der Waals surface area contributed by atoms with Gasteiger partial charge >= 0.3 is 0 Å². The van der Waals surface area contributed by atoms with Crippen molar-refractivity contribution in [3.8, 4) is 0 Å². The highest BCUT2D eigenvalue weighted by Crippen LogP contribution is 2.20. The van der Waals surface area contributed by atoms with Gasteiger partial charge in [0.2, 0.25) is 0 Å². The summed E-state index contributed by atoms with van der Waals surface area (Å²) >= 11 is 0. The standard InChI is InChI=1S/C17H28FN5.HI/c1-3-5-6-10-21-17(19-4-2)22-14-9-12-23(13-14)16-15(18)8-7-11-20-16;/h7-8,11,14H,3-6,9-10,12-13H2,1-2H3,(H2,19,21,22);1H. The molecule has 1 unspecified atom stereocenters. The van der Waals surface area contributed by atoms with Gasteiger partial charge in [0.15, 0.2) is 17.6 Å². The molecule has 1 aromatic rings. The highest BCUT2D eigenvalue weighted by Gasteiger charge is 2.25. The first kappa shape index (κ1) is 20.9. The zero-order valence-electron chi connectivity index (χ0n) is 14.6. The van der Waals surface area contributed by atoms with Crippen LogP contribution in [0.5, 0.6) is 0 Å². The molecule has 136 valence electrons. The monoisotopic (exact) mass is 449 g/mol. The third kappa shape index (κ3) is 6.41. The second-order valence-electron chi connectivity index (χ2n) is 5.85. The number of rotatable bonds is 7. The van der Waals surface area contributed by atoms with Gasteiger partial charge in [0.25, 0.3) is 0 Å². The van der Waals surface area contributed by atoms with E-state index in [0.717, 1.165) is 45.0 Å². The van der Waals surface area contributed by atoms with E-state index < -0.39 is 0 Å². The predicted molar refractivity (Wildman–Crippen MR) is 109 cm³/mol. The Labute approximate surface area is 161 Å². The van der Waals surface area contributed by atoms with E-state index >= 15 is 0 Å². The first-order chi connectivity index (χ1) is 11.2. The molecule has 1 atom stereocenters. The van der Waals surface area contributed by atoms with Crippen molar-refractivity contribution in [2.24, 2.45) is 4.99 Å². The van der Waals surface area contributed by atoms with Gasteiger partial charge in [-0.15, -0.1) is 24.0 Å². The summed E-state index contributed by atoms with van der Waals surface area (Å²) < 4.78 is 13.8. The Hall–Kier alpha value is -1.12. The number of guanidine groups is 1. The third-order valence-corrected chi connectivity index (χ3v) is 3.94. The minimum absolute atomic E-state index is 0. The van der Waals surface area contributed by atoms with E-state index in [0.29, 0.717) is 5.82 Å². The number of nitrogens with zero attached hydrogens (tertiary/aromatic N) is 3. The molecule has 1 aliphatic rings. The Balaban J connectivity index is 0.00000288. The fraction of sp³-hybridized carbons (Fsp3) is 0.647. The highest BCUT2D eigenvalue weighted by atomic mass is 127. The van der Waals surface area contributed by atoms with Crippen LogP contribution in [0.1, 0.15) is 39.5 Å². The molecule has 0 aromatic carbocycles. The fourth-order valence-corrected chi connectivity index (χ4v) is 2.75. The Bertz CT molecular complexity index is 512. The van der Waals surface area contributed by atoms with Crippen LogP contribution in [0, 0.1) is 5.82 Å². The zero-order chi connectivity index (χ0) is 16.5. The molecular weight excluding hydrogens is 420 g/mol. The van der Waals surface area contributed by atoms with Crippen LogP contribution in [0.25, 0.3) is 0 Å². The molecular formula is C17H29FIN5. The van der Waals surface area contributed by atoms with Crippen LogP contribution in [-0.4, -0.2) is 43.2 Å². The Morgan fingerprint density at radius 2 is 2.25 bits per heavy atom. The van der Waals surface area contributed by atoms with Crippen molar-refractivity contribution in [2.45, 2.75) is 45.6 Å². The predicted octanol–water partition coefficient (Wildman–Crippen LogP) is 3.16. The van der Waals surface area contributed by atoms with Crippen molar-refractivity contribution >= 4 is 35.8 Å². The fourth-order valence-electron chi connectivity index (χ4n) is 2.75. The van der Waals surface area contributed by atoms with Crippen molar-refractivity contribution in [3.63, 3.8) is 0 Å². The minimum atomic E-state index is -0.256. The molecule has 2 heterocycles. The second-order valence-corrected chi connectivity index (χ2v) is 5.85. The van der Waals surface area contributed by atoms with Crippen LogP contribution in [0.3, 0.4) is 0 Å². The molecule has 0 radical (unpaired) electrons. The molecule has 0 bridgehead atoms. The highest BCUT2D eigenvalue weighted by molar-refractivity contribution is 14.0. The van der Waals surface area contributed by atoms with Gasteiger partial charge in [-0.1, -0.05) is 19.8 Å². The molecule has 2 N–H and O–H groups in total. The van der Waals surface area contributed by atoms with Gasteiger partial charge in [-0.05, 0) is 31.9 Å². The van der Waals surface area contributed by atoms with Gasteiger partial charge in [-0.2, -0.15) is 0 Å². The Morgan fingerprint density at radius 1 is 1.42 bits per heavy atom. The average molecular weight is 449 g/mol. The number of anilines is 1. The lowest BCUT2D eigenvalue weighted by Crippen LogP contribution is -2.44. The number of aromatic nitrogens is 1. The van der Waals surface area contributed by atoms with Crippen LogP contribution in [0.2, 0.25) is 0 Å². The van der Waals surface area contributed by atoms with Crippen molar-refractivity contribution in [2.75, 3.05) is 31.1 Å². The van der Waals surface area contributed by atoms with Crippen LogP contribution in [0.4, 0.5) is 10.2 Å². The Morgan fingerprint density at radius 3 is 2.96 bits per heavy atom. The largest absolute Gasteiger partial charge is 0.357 e. The lowest BCUT2D eigenvalue weighted by molar-refractivity contribution is 0.612. The number of pyridine rings is 1. The summed E-state index contributed by atoms with van der Waals surface area (Å²) in [5.41, 5.74) is 0. The quantitative estimate of drug-likeness (QED) is 0.291. The van der Waals surface area contributed by atoms with E-state index in [9.17, 15) is 4.39 Å². The summed E-state index contributed by atoms with van der Waals surface area (Å²) in [6.45, 7) is 7.48. The SMILES string of the molecule is CCCCCN=C(NCC)NC1CCN(c2ncccc2F)C1.I.